The summed E-state index contributed by atoms with van der Waals surface area (Å²) < 4.78 is 25.8. The number of sulfonamides is 1. The van der Waals surface area contributed by atoms with Crippen LogP contribution >= 0.6 is 15.9 Å². The second-order valence-corrected chi connectivity index (χ2v) is 5.75. The average Bonchev–Trinajstić information content (AvgIpc) is 2.29. The molecule has 0 unspecified atom stereocenters. The number of nitro groups is 1. The number of halogens is 1. The van der Waals surface area contributed by atoms with Crippen LogP contribution in [-0.4, -0.2) is 25.2 Å². The molecule has 17 heavy (non-hydrogen) atoms. The molecule has 0 saturated carbocycles. The zero-order chi connectivity index (χ0) is 12.9. The summed E-state index contributed by atoms with van der Waals surface area (Å²) in [6, 6.07) is 4.77. The minimum absolute atomic E-state index is 0.0256. The fraction of sp³-hybridized carbons (Fsp3) is 0.333. The fourth-order valence-electron chi connectivity index (χ4n) is 1.10. The quantitative estimate of drug-likeness (QED) is 0.373. The molecule has 0 aliphatic heterocycles. The highest BCUT2D eigenvalue weighted by Gasteiger charge is 2.14. The van der Waals surface area contributed by atoms with Crippen molar-refractivity contribution in [2.75, 3.05) is 11.9 Å². The zero-order valence-electron chi connectivity index (χ0n) is 8.80. The predicted molar refractivity (Wildman–Crippen MR) is 66.7 cm³/mol. The van der Waals surface area contributed by atoms with E-state index in [1.807, 2.05) is 0 Å². The Morgan fingerprint density at radius 3 is 2.35 bits per heavy atom. The van der Waals surface area contributed by atoms with Gasteiger partial charge >= 0.3 is 0 Å². The summed E-state index contributed by atoms with van der Waals surface area (Å²) in [7, 11) is -3.57. The Morgan fingerprint density at radius 2 is 1.88 bits per heavy atom. The third kappa shape index (κ3) is 4.06. The first kappa shape index (κ1) is 14.1. The molecule has 8 heteroatoms. The van der Waals surface area contributed by atoms with Crippen LogP contribution in [0.25, 0.3) is 0 Å². The van der Waals surface area contributed by atoms with Crippen LogP contribution < -0.4 is 4.72 Å². The minimum Gasteiger partial charge on any atom is -0.258 e. The van der Waals surface area contributed by atoms with Crippen molar-refractivity contribution in [1.29, 1.82) is 0 Å². The lowest BCUT2D eigenvalue weighted by Crippen LogP contribution is -2.24. The van der Waals surface area contributed by atoms with Gasteiger partial charge in [-0.1, -0.05) is 15.9 Å². The Bertz CT molecular complexity index is 486. The standard InChI is InChI=1S/C9H11BrN2O4S/c10-6-1-7-11-17(15,16)9-4-2-8(3-5-9)12(13)14/h2-5,11H,1,6-7H2. The van der Waals surface area contributed by atoms with Gasteiger partial charge in [0, 0.05) is 24.0 Å². The predicted octanol–water partition coefficient (Wildman–Crippen LogP) is 1.66. The molecule has 0 radical (unpaired) electrons. The molecule has 0 amide bonds. The summed E-state index contributed by atoms with van der Waals surface area (Å²) in [5.41, 5.74) is -0.135. The van der Waals surface area contributed by atoms with Crippen LogP contribution in [0.2, 0.25) is 0 Å². The van der Waals surface area contributed by atoms with Gasteiger partial charge in [-0.2, -0.15) is 0 Å². The van der Waals surface area contributed by atoms with E-state index in [0.29, 0.717) is 18.3 Å². The molecule has 1 aromatic rings. The number of alkyl halides is 1. The van der Waals surface area contributed by atoms with E-state index in [4.69, 9.17) is 0 Å². The summed E-state index contributed by atoms with van der Waals surface area (Å²) >= 11 is 3.19. The van der Waals surface area contributed by atoms with Gasteiger partial charge in [0.25, 0.3) is 5.69 Å². The molecule has 0 fully saturated rings. The Morgan fingerprint density at radius 1 is 1.29 bits per heavy atom. The van der Waals surface area contributed by atoms with Crippen molar-refractivity contribution in [2.45, 2.75) is 11.3 Å². The van der Waals surface area contributed by atoms with Gasteiger partial charge in [0.05, 0.1) is 9.82 Å². The van der Waals surface area contributed by atoms with Crippen molar-refractivity contribution < 1.29 is 13.3 Å². The van der Waals surface area contributed by atoms with Gasteiger partial charge in [0.15, 0.2) is 0 Å². The van der Waals surface area contributed by atoms with Crippen LogP contribution in [0, 0.1) is 10.1 Å². The van der Waals surface area contributed by atoms with E-state index in [2.05, 4.69) is 20.7 Å². The molecule has 6 nitrogen and oxygen atoms in total. The number of hydrogen-bond donors (Lipinski definition) is 1. The van der Waals surface area contributed by atoms with E-state index in [1.165, 1.54) is 24.3 Å². The normalized spacial score (nSPS) is 11.4. The minimum atomic E-state index is -3.57. The molecule has 0 aromatic heterocycles. The van der Waals surface area contributed by atoms with E-state index in [-0.39, 0.29) is 10.6 Å². The molecular weight excluding hydrogens is 312 g/mol. The molecule has 0 saturated heterocycles. The monoisotopic (exact) mass is 322 g/mol. The Balaban J connectivity index is 2.81. The van der Waals surface area contributed by atoms with Crippen LogP contribution in [0.5, 0.6) is 0 Å². The molecule has 1 aromatic carbocycles. The highest BCUT2D eigenvalue weighted by molar-refractivity contribution is 9.09. The summed E-state index contributed by atoms with van der Waals surface area (Å²) in [5, 5.41) is 11.1. The molecule has 0 aliphatic carbocycles. The lowest BCUT2D eigenvalue weighted by molar-refractivity contribution is -0.384. The smallest absolute Gasteiger partial charge is 0.258 e. The van der Waals surface area contributed by atoms with Gasteiger partial charge in [-0.15, -0.1) is 0 Å². The van der Waals surface area contributed by atoms with E-state index in [1.54, 1.807) is 0 Å². The van der Waals surface area contributed by atoms with Crippen molar-refractivity contribution in [1.82, 2.24) is 4.72 Å². The van der Waals surface area contributed by atoms with Crippen LogP contribution in [0.4, 0.5) is 5.69 Å². The lowest BCUT2D eigenvalue weighted by atomic mass is 10.3. The van der Waals surface area contributed by atoms with Gasteiger partial charge < -0.3 is 0 Å². The van der Waals surface area contributed by atoms with Crippen LogP contribution in [0.15, 0.2) is 29.2 Å². The molecule has 94 valence electrons. The third-order valence-corrected chi connectivity index (χ3v) is 4.00. The lowest BCUT2D eigenvalue weighted by Gasteiger charge is -2.05. The Kier molecular flexibility index (Phi) is 5.03. The van der Waals surface area contributed by atoms with Crippen molar-refractivity contribution in [3.63, 3.8) is 0 Å². The topological polar surface area (TPSA) is 89.3 Å². The average molecular weight is 323 g/mol. The van der Waals surface area contributed by atoms with Gasteiger partial charge in [0.1, 0.15) is 0 Å². The Labute approximate surface area is 107 Å². The van der Waals surface area contributed by atoms with Crippen molar-refractivity contribution >= 4 is 31.6 Å². The van der Waals surface area contributed by atoms with Crippen LogP contribution in [-0.2, 0) is 10.0 Å². The number of non-ortho nitro benzene ring substituents is 1. The number of hydrogen-bond acceptors (Lipinski definition) is 4. The van der Waals surface area contributed by atoms with Gasteiger partial charge in [0.2, 0.25) is 10.0 Å². The SMILES string of the molecule is O=[N+]([O-])c1ccc(S(=O)(=O)NCCCBr)cc1. The molecule has 0 spiro atoms. The van der Waals surface area contributed by atoms with Gasteiger partial charge in [-0.25, -0.2) is 13.1 Å². The maximum absolute atomic E-state index is 11.7. The second-order valence-electron chi connectivity index (χ2n) is 3.19. The molecule has 0 bridgehead atoms. The first-order chi connectivity index (χ1) is 7.97. The van der Waals surface area contributed by atoms with E-state index >= 15 is 0 Å². The fourth-order valence-corrected chi connectivity index (χ4v) is 2.46. The van der Waals surface area contributed by atoms with Gasteiger partial charge in [-0.05, 0) is 18.6 Å². The second kappa shape index (κ2) is 6.08. The number of rotatable bonds is 6. The molecule has 0 heterocycles. The maximum Gasteiger partial charge on any atom is 0.269 e. The zero-order valence-corrected chi connectivity index (χ0v) is 11.2. The first-order valence-electron chi connectivity index (χ1n) is 4.77. The summed E-state index contributed by atoms with van der Waals surface area (Å²) in [6.07, 6.45) is 0.673. The van der Waals surface area contributed by atoms with E-state index in [9.17, 15) is 18.5 Å². The summed E-state index contributed by atoms with van der Waals surface area (Å²) in [5.74, 6) is 0. The maximum atomic E-state index is 11.7. The third-order valence-electron chi connectivity index (χ3n) is 1.96. The largest absolute Gasteiger partial charge is 0.269 e. The summed E-state index contributed by atoms with van der Waals surface area (Å²) in [4.78, 5) is 9.86. The summed E-state index contributed by atoms with van der Waals surface area (Å²) in [6.45, 7) is 0.324. The molecule has 0 aliphatic rings. The highest BCUT2D eigenvalue weighted by Crippen LogP contribution is 2.15. The van der Waals surface area contributed by atoms with Crippen molar-refractivity contribution in [3.8, 4) is 0 Å². The number of benzene rings is 1. The van der Waals surface area contributed by atoms with Crippen LogP contribution in [0.1, 0.15) is 6.42 Å². The Hall–Kier alpha value is -0.990. The van der Waals surface area contributed by atoms with E-state index < -0.39 is 14.9 Å². The van der Waals surface area contributed by atoms with Crippen LogP contribution in [0.3, 0.4) is 0 Å². The first-order valence-corrected chi connectivity index (χ1v) is 7.38. The number of nitro benzene ring substituents is 1. The molecule has 0 atom stereocenters. The van der Waals surface area contributed by atoms with Crippen molar-refractivity contribution in [2.24, 2.45) is 0 Å². The van der Waals surface area contributed by atoms with Crippen molar-refractivity contribution in [3.05, 3.63) is 34.4 Å². The molecular formula is C9H11BrN2O4S. The van der Waals surface area contributed by atoms with E-state index in [0.717, 1.165) is 0 Å². The molecule has 1 rings (SSSR count). The molecule has 1 N–H and O–H groups in total. The van der Waals surface area contributed by atoms with Gasteiger partial charge in [-0.3, -0.25) is 10.1 Å². The highest BCUT2D eigenvalue weighted by atomic mass is 79.9. The number of nitrogens with one attached hydrogen (secondary N) is 1. The number of nitrogens with zero attached hydrogens (tertiary/aromatic N) is 1.